The summed E-state index contributed by atoms with van der Waals surface area (Å²) in [5.74, 6) is 1.09. The molecule has 0 saturated carbocycles. The Kier molecular flexibility index (Phi) is 4.67. The largest absolute Gasteiger partial charge is 0.381 e. The van der Waals surface area contributed by atoms with Crippen LogP contribution in [0.1, 0.15) is 6.92 Å². The first-order valence-corrected chi connectivity index (χ1v) is 3.72. The van der Waals surface area contributed by atoms with E-state index < -0.39 is 0 Å². The molecular weight excluding hydrogens is 108 g/mol. The van der Waals surface area contributed by atoms with E-state index in [2.05, 4.69) is 13.2 Å². The summed E-state index contributed by atoms with van der Waals surface area (Å²) < 4.78 is 4.97. The Balaban J connectivity index is 2.83. The van der Waals surface area contributed by atoms with Crippen molar-refractivity contribution in [3.05, 3.63) is 0 Å². The van der Waals surface area contributed by atoms with Gasteiger partial charge < -0.3 is 4.74 Å². The van der Waals surface area contributed by atoms with E-state index in [9.17, 15) is 0 Å². The van der Waals surface area contributed by atoms with E-state index in [0.717, 1.165) is 5.75 Å². The highest BCUT2D eigenvalue weighted by Crippen LogP contribution is 1.97. The van der Waals surface area contributed by atoms with Crippen molar-refractivity contribution >= 4 is 11.8 Å². The normalized spacial score (nSPS) is 14.1. The van der Waals surface area contributed by atoms with E-state index in [1.54, 1.807) is 7.11 Å². The molecule has 1 unspecified atom stereocenters. The number of rotatable bonds is 3. The fraction of sp³-hybridized carbons (Fsp3) is 1.00. The second-order valence-electron chi connectivity index (χ2n) is 1.50. The van der Waals surface area contributed by atoms with Crippen LogP contribution in [0.3, 0.4) is 0 Å². The Hall–Kier alpha value is 0.310. The summed E-state index contributed by atoms with van der Waals surface area (Å²) in [5.41, 5.74) is 0. The van der Waals surface area contributed by atoms with Gasteiger partial charge in [-0.3, -0.25) is 0 Å². The lowest BCUT2D eigenvalue weighted by molar-refractivity contribution is 0.138. The van der Waals surface area contributed by atoms with Crippen LogP contribution in [-0.2, 0) is 4.74 Å². The lowest BCUT2D eigenvalue weighted by Crippen LogP contribution is -2.06. The summed E-state index contributed by atoms with van der Waals surface area (Å²) >= 11 is 1.81. The summed E-state index contributed by atoms with van der Waals surface area (Å²) in [4.78, 5) is 0. The summed E-state index contributed by atoms with van der Waals surface area (Å²) in [6.45, 7) is 2.07. The smallest absolute Gasteiger partial charge is 0.0633 e. The standard InChI is InChI=1S/C5H12OS/c1-5(6-2)4-7-3/h5H,4H2,1-3H3. The Morgan fingerprint density at radius 1 is 1.71 bits per heavy atom. The maximum atomic E-state index is 4.97. The molecule has 0 spiro atoms. The average molecular weight is 120 g/mol. The molecule has 0 saturated heterocycles. The molecule has 7 heavy (non-hydrogen) atoms. The van der Waals surface area contributed by atoms with Crippen LogP contribution >= 0.6 is 11.8 Å². The fourth-order valence-electron chi connectivity index (χ4n) is 0.303. The number of hydrogen-bond acceptors (Lipinski definition) is 2. The van der Waals surface area contributed by atoms with Gasteiger partial charge in [0.1, 0.15) is 0 Å². The van der Waals surface area contributed by atoms with Crippen molar-refractivity contribution in [2.45, 2.75) is 13.0 Å². The Morgan fingerprint density at radius 3 is 2.43 bits per heavy atom. The third kappa shape index (κ3) is 4.16. The molecule has 1 nitrogen and oxygen atoms in total. The van der Waals surface area contributed by atoms with Crippen molar-refractivity contribution in [1.82, 2.24) is 0 Å². The molecule has 1 atom stereocenters. The van der Waals surface area contributed by atoms with Crippen molar-refractivity contribution in [1.29, 1.82) is 0 Å². The van der Waals surface area contributed by atoms with Crippen LogP contribution in [0.4, 0.5) is 0 Å². The van der Waals surface area contributed by atoms with Crippen LogP contribution in [0.2, 0.25) is 0 Å². The minimum absolute atomic E-state index is 0.412. The van der Waals surface area contributed by atoms with Crippen LogP contribution in [0.15, 0.2) is 0 Å². The fourth-order valence-corrected chi connectivity index (χ4v) is 0.908. The van der Waals surface area contributed by atoms with Gasteiger partial charge in [0.25, 0.3) is 0 Å². The van der Waals surface area contributed by atoms with E-state index in [4.69, 9.17) is 4.74 Å². The molecule has 0 heterocycles. The van der Waals surface area contributed by atoms with Crippen LogP contribution in [0, 0.1) is 0 Å². The van der Waals surface area contributed by atoms with Gasteiger partial charge in [0.15, 0.2) is 0 Å². The third-order valence-corrected chi connectivity index (χ3v) is 1.61. The van der Waals surface area contributed by atoms with Crippen molar-refractivity contribution in [2.24, 2.45) is 0 Å². The van der Waals surface area contributed by atoms with Crippen molar-refractivity contribution in [3.8, 4) is 0 Å². The minimum Gasteiger partial charge on any atom is -0.381 e. The van der Waals surface area contributed by atoms with E-state index in [0.29, 0.717) is 6.10 Å². The lowest BCUT2D eigenvalue weighted by Gasteiger charge is -2.04. The monoisotopic (exact) mass is 120 g/mol. The molecule has 0 aliphatic heterocycles. The number of methoxy groups -OCH3 is 1. The predicted octanol–water partition coefficient (Wildman–Crippen LogP) is 1.38. The van der Waals surface area contributed by atoms with Crippen molar-refractivity contribution in [2.75, 3.05) is 19.1 Å². The molecule has 0 aliphatic carbocycles. The molecule has 0 fully saturated rings. The van der Waals surface area contributed by atoms with Crippen LogP contribution in [0.25, 0.3) is 0 Å². The molecule has 0 N–H and O–H groups in total. The van der Waals surface area contributed by atoms with Crippen LogP contribution < -0.4 is 0 Å². The average Bonchev–Trinajstić information content (AvgIpc) is 1.68. The van der Waals surface area contributed by atoms with Gasteiger partial charge in [-0.25, -0.2) is 0 Å². The molecule has 0 amide bonds. The van der Waals surface area contributed by atoms with Gasteiger partial charge in [-0.2, -0.15) is 11.8 Å². The minimum atomic E-state index is 0.412. The van der Waals surface area contributed by atoms with Gasteiger partial charge in [0, 0.05) is 12.9 Å². The zero-order valence-electron chi connectivity index (χ0n) is 5.10. The zero-order chi connectivity index (χ0) is 5.70. The van der Waals surface area contributed by atoms with Crippen molar-refractivity contribution < 1.29 is 4.74 Å². The Morgan fingerprint density at radius 2 is 2.29 bits per heavy atom. The Bertz CT molecular complexity index is 39.1. The highest BCUT2D eigenvalue weighted by atomic mass is 32.2. The summed E-state index contributed by atoms with van der Waals surface area (Å²) in [6.07, 6.45) is 2.49. The van der Waals surface area contributed by atoms with E-state index in [-0.39, 0.29) is 0 Å². The van der Waals surface area contributed by atoms with Gasteiger partial charge >= 0.3 is 0 Å². The molecular formula is C5H12OS. The highest BCUT2D eigenvalue weighted by Gasteiger charge is 1.93. The number of ether oxygens (including phenoxy) is 1. The van der Waals surface area contributed by atoms with Gasteiger partial charge in [-0.15, -0.1) is 0 Å². The highest BCUT2D eigenvalue weighted by molar-refractivity contribution is 7.98. The zero-order valence-corrected chi connectivity index (χ0v) is 5.92. The molecule has 0 bridgehead atoms. The molecule has 44 valence electrons. The summed E-state index contributed by atoms with van der Waals surface area (Å²) in [7, 11) is 1.74. The van der Waals surface area contributed by atoms with E-state index >= 15 is 0 Å². The molecule has 0 aromatic carbocycles. The molecule has 0 aromatic rings. The second kappa shape index (κ2) is 4.47. The topological polar surface area (TPSA) is 9.23 Å². The third-order valence-electron chi connectivity index (χ3n) is 0.804. The second-order valence-corrected chi connectivity index (χ2v) is 2.41. The SMILES string of the molecule is COC(C)CSC. The maximum Gasteiger partial charge on any atom is 0.0633 e. The van der Waals surface area contributed by atoms with E-state index in [1.807, 2.05) is 11.8 Å². The number of thioether (sulfide) groups is 1. The van der Waals surface area contributed by atoms with Crippen molar-refractivity contribution in [3.63, 3.8) is 0 Å². The first kappa shape index (κ1) is 7.31. The molecule has 0 aliphatic rings. The van der Waals surface area contributed by atoms with Crippen LogP contribution in [-0.4, -0.2) is 25.2 Å². The van der Waals surface area contributed by atoms with Gasteiger partial charge in [-0.1, -0.05) is 0 Å². The van der Waals surface area contributed by atoms with Gasteiger partial charge in [-0.05, 0) is 13.2 Å². The lowest BCUT2D eigenvalue weighted by atomic mass is 10.5. The molecule has 0 aromatic heterocycles. The van der Waals surface area contributed by atoms with Crippen LogP contribution in [0.5, 0.6) is 0 Å². The molecule has 0 radical (unpaired) electrons. The summed E-state index contributed by atoms with van der Waals surface area (Å²) in [6, 6.07) is 0. The Labute approximate surface area is 49.4 Å². The van der Waals surface area contributed by atoms with Gasteiger partial charge in [0.05, 0.1) is 6.10 Å². The van der Waals surface area contributed by atoms with Gasteiger partial charge in [0.2, 0.25) is 0 Å². The first-order valence-electron chi connectivity index (χ1n) is 2.33. The van der Waals surface area contributed by atoms with E-state index in [1.165, 1.54) is 0 Å². The quantitative estimate of drug-likeness (QED) is 0.556. The maximum absolute atomic E-state index is 4.97. The predicted molar refractivity (Wildman–Crippen MR) is 34.9 cm³/mol. The summed E-state index contributed by atoms with van der Waals surface area (Å²) in [5, 5.41) is 0. The number of hydrogen-bond donors (Lipinski definition) is 0. The first-order chi connectivity index (χ1) is 3.31. The molecule has 0 rings (SSSR count). The molecule has 2 heteroatoms.